The standard InChI is InChI=1S/C10H11N5O4/c1-6-4-8(19-13-6)9(16)11-2-3-15-5-7(10(17)18)12-14-15/h4-5H,2-3H2,1H3,(H,11,16)(H,17,18). The molecule has 0 bridgehead atoms. The van der Waals surface area contributed by atoms with Crippen LogP contribution in [-0.2, 0) is 6.54 Å². The molecule has 0 spiro atoms. The van der Waals surface area contributed by atoms with Crippen molar-refractivity contribution >= 4 is 11.9 Å². The average Bonchev–Trinajstić information content (AvgIpc) is 2.98. The largest absolute Gasteiger partial charge is 0.476 e. The van der Waals surface area contributed by atoms with Gasteiger partial charge in [0.2, 0.25) is 5.76 Å². The Bertz CT molecular complexity index is 603. The number of carbonyl (C=O) groups is 2. The van der Waals surface area contributed by atoms with Crippen LogP contribution in [0.3, 0.4) is 0 Å². The van der Waals surface area contributed by atoms with Crippen LogP contribution in [0.2, 0.25) is 0 Å². The zero-order valence-electron chi connectivity index (χ0n) is 10.0. The molecule has 9 nitrogen and oxygen atoms in total. The second kappa shape index (κ2) is 5.29. The van der Waals surface area contributed by atoms with Gasteiger partial charge in [0.15, 0.2) is 5.69 Å². The highest BCUT2D eigenvalue weighted by Crippen LogP contribution is 2.01. The average molecular weight is 265 g/mol. The maximum atomic E-state index is 11.6. The summed E-state index contributed by atoms with van der Waals surface area (Å²) in [4.78, 5) is 22.2. The summed E-state index contributed by atoms with van der Waals surface area (Å²) in [7, 11) is 0. The van der Waals surface area contributed by atoms with E-state index in [0.717, 1.165) is 0 Å². The maximum Gasteiger partial charge on any atom is 0.358 e. The zero-order chi connectivity index (χ0) is 13.8. The summed E-state index contributed by atoms with van der Waals surface area (Å²) in [5.74, 6) is -1.41. The first-order valence-electron chi connectivity index (χ1n) is 5.41. The number of aromatic carboxylic acids is 1. The maximum absolute atomic E-state index is 11.6. The minimum Gasteiger partial charge on any atom is -0.476 e. The Morgan fingerprint density at radius 2 is 2.32 bits per heavy atom. The van der Waals surface area contributed by atoms with E-state index in [1.807, 2.05) is 0 Å². The molecule has 2 aromatic heterocycles. The van der Waals surface area contributed by atoms with Gasteiger partial charge in [0.25, 0.3) is 5.91 Å². The first-order valence-corrected chi connectivity index (χ1v) is 5.41. The summed E-state index contributed by atoms with van der Waals surface area (Å²) in [6.45, 7) is 2.28. The predicted molar refractivity (Wildman–Crippen MR) is 60.6 cm³/mol. The molecule has 0 fully saturated rings. The first kappa shape index (κ1) is 12.7. The van der Waals surface area contributed by atoms with Crippen molar-refractivity contribution in [3.63, 3.8) is 0 Å². The van der Waals surface area contributed by atoms with Crippen molar-refractivity contribution in [2.75, 3.05) is 6.54 Å². The summed E-state index contributed by atoms with van der Waals surface area (Å²) in [6.07, 6.45) is 1.28. The van der Waals surface area contributed by atoms with Gasteiger partial charge < -0.3 is 14.9 Å². The summed E-state index contributed by atoms with van der Waals surface area (Å²) in [5, 5.41) is 21.9. The molecule has 0 aliphatic carbocycles. The second-order valence-corrected chi connectivity index (χ2v) is 3.76. The lowest BCUT2D eigenvalue weighted by atomic mass is 10.3. The summed E-state index contributed by atoms with van der Waals surface area (Å²) in [5.41, 5.74) is 0.477. The monoisotopic (exact) mass is 265 g/mol. The normalized spacial score (nSPS) is 10.4. The number of carboxylic acids is 1. The molecule has 0 saturated heterocycles. The third-order valence-corrected chi connectivity index (χ3v) is 2.24. The Kier molecular flexibility index (Phi) is 3.55. The molecule has 0 aliphatic rings. The van der Waals surface area contributed by atoms with Crippen LogP contribution in [-0.4, -0.2) is 43.7 Å². The lowest BCUT2D eigenvalue weighted by Gasteiger charge is -2.01. The lowest BCUT2D eigenvalue weighted by molar-refractivity contribution is 0.0690. The van der Waals surface area contributed by atoms with Crippen molar-refractivity contribution in [1.29, 1.82) is 0 Å². The molecule has 9 heteroatoms. The molecule has 1 amide bonds. The van der Waals surface area contributed by atoms with Gasteiger partial charge in [-0.1, -0.05) is 10.4 Å². The Morgan fingerprint density at radius 3 is 2.89 bits per heavy atom. The molecule has 0 atom stereocenters. The minimum atomic E-state index is -1.15. The fourth-order valence-electron chi connectivity index (χ4n) is 1.35. The fraction of sp³-hybridized carbons (Fsp3) is 0.300. The number of rotatable bonds is 5. The van der Waals surface area contributed by atoms with Gasteiger partial charge in [-0.25, -0.2) is 9.48 Å². The van der Waals surface area contributed by atoms with E-state index < -0.39 is 5.97 Å². The van der Waals surface area contributed by atoms with E-state index in [0.29, 0.717) is 12.2 Å². The van der Waals surface area contributed by atoms with Crippen LogP contribution in [0.25, 0.3) is 0 Å². The molecule has 100 valence electrons. The zero-order valence-corrected chi connectivity index (χ0v) is 10.0. The van der Waals surface area contributed by atoms with Gasteiger partial charge in [0.05, 0.1) is 18.4 Å². The number of aromatic nitrogens is 4. The van der Waals surface area contributed by atoms with Crippen molar-refractivity contribution in [2.24, 2.45) is 0 Å². The Hall–Kier alpha value is -2.71. The number of hydrogen-bond acceptors (Lipinski definition) is 6. The number of amides is 1. The molecule has 2 heterocycles. The van der Waals surface area contributed by atoms with Crippen molar-refractivity contribution in [1.82, 2.24) is 25.5 Å². The Labute approximate surface area is 107 Å². The molecule has 19 heavy (non-hydrogen) atoms. The number of carbonyl (C=O) groups excluding carboxylic acids is 1. The first-order chi connectivity index (χ1) is 9.06. The molecular formula is C10H11N5O4. The van der Waals surface area contributed by atoms with E-state index >= 15 is 0 Å². The predicted octanol–water partition coefficient (Wildman–Crippen LogP) is -0.297. The van der Waals surface area contributed by atoms with E-state index in [9.17, 15) is 9.59 Å². The third-order valence-electron chi connectivity index (χ3n) is 2.24. The van der Waals surface area contributed by atoms with Gasteiger partial charge in [-0.15, -0.1) is 5.10 Å². The number of aryl methyl sites for hydroxylation is 1. The number of hydrogen-bond donors (Lipinski definition) is 2. The highest BCUT2D eigenvalue weighted by atomic mass is 16.5. The van der Waals surface area contributed by atoms with Crippen LogP contribution >= 0.6 is 0 Å². The third kappa shape index (κ3) is 3.15. The lowest BCUT2D eigenvalue weighted by Crippen LogP contribution is -2.27. The van der Waals surface area contributed by atoms with Gasteiger partial charge in [0.1, 0.15) is 0 Å². The highest BCUT2D eigenvalue weighted by Gasteiger charge is 2.11. The van der Waals surface area contributed by atoms with E-state index in [4.69, 9.17) is 9.63 Å². The molecule has 0 aromatic carbocycles. The topological polar surface area (TPSA) is 123 Å². The molecule has 2 aromatic rings. The molecule has 0 unspecified atom stereocenters. The summed E-state index contributed by atoms with van der Waals surface area (Å²) < 4.78 is 6.12. The molecule has 2 N–H and O–H groups in total. The van der Waals surface area contributed by atoms with Gasteiger partial charge in [-0.05, 0) is 6.92 Å². The van der Waals surface area contributed by atoms with Gasteiger partial charge in [-0.3, -0.25) is 4.79 Å². The summed E-state index contributed by atoms with van der Waals surface area (Å²) >= 11 is 0. The Morgan fingerprint density at radius 1 is 1.53 bits per heavy atom. The van der Waals surface area contributed by atoms with Crippen LogP contribution in [0, 0.1) is 6.92 Å². The van der Waals surface area contributed by atoms with E-state index in [-0.39, 0.29) is 23.9 Å². The number of carboxylic acid groups (broad SMARTS) is 1. The van der Waals surface area contributed by atoms with Crippen LogP contribution in [0.1, 0.15) is 26.7 Å². The van der Waals surface area contributed by atoms with Crippen molar-refractivity contribution in [3.05, 3.63) is 29.4 Å². The second-order valence-electron chi connectivity index (χ2n) is 3.76. The number of nitrogens with one attached hydrogen (secondary N) is 1. The van der Waals surface area contributed by atoms with Crippen LogP contribution in [0.15, 0.2) is 16.8 Å². The number of nitrogens with zero attached hydrogens (tertiary/aromatic N) is 4. The molecule has 0 aliphatic heterocycles. The van der Waals surface area contributed by atoms with Gasteiger partial charge >= 0.3 is 5.97 Å². The van der Waals surface area contributed by atoms with Crippen molar-refractivity contribution in [2.45, 2.75) is 13.5 Å². The van der Waals surface area contributed by atoms with Crippen LogP contribution < -0.4 is 5.32 Å². The SMILES string of the molecule is Cc1cc(C(=O)NCCn2cc(C(=O)O)nn2)on1. The van der Waals surface area contributed by atoms with E-state index in [1.54, 1.807) is 6.92 Å². The van der Waals surface area contributed by atoms with E-state index in [1.165, 1.54) is 16.9 Å². The molecule has 2 rings (SSSR count). The molecule has 0 radical (unpaired) electrons. The van der Waals surface area contributed by atoms with Crippen molar-refractivity contribution < 1.29 is 19.2 Å². The Balaban J connectivity index is 1.83. The minimum absolute atomic E-state index is 0.127. The van der Waals surface area contributed by atoms with Crippen molar-refractivity contribution in [3.8, 4) is 0 Å². The molecule has 0 saturated carbocycles. The smallest absolute Gasteiger partial charge is 0.358 e. The van der Waals surface area contributed by atoms with E-state index in [2.05, 4.69) is 20.8 Å². The van der Waals surface area contributed by atoms with Gasteiger partial charge in [0, 0.05) is 12.6 Å². The van der Waals surface area contributed by atoms with Crippen LogP contribution in [0.4, 0.5) is 0 Å². The van der Waals surface area contributed by atoms with Crippen LogP contribution in [0.5, 0.6) is 0 Å². The summed E-state index contributed by atoms with van der Waals surface area (Å²) in [6, 6.07) is 1.52. The quantitative estimate of drug-likeness (QED) is 0.760. The van der Waals surface area contributed by atoms with Gasteiger partial charge in [-0.2, -0.15) is 0 Å². The fourth-order valence-corrected chi connectivity index (χ4v) is 1.35. The molecular weight excluding hydrogens is 254 g/mol. The highest BCUT2D eigenvalue weighted by molar-refractivity contribution is 5.91.